The molecule has 0 spiro atoms. The number of carbonyl (C=O) groups excluding carboxylic acids is 1. The second-order valence-corrected chi connectivity index (χ2v) is 10.5. The number of rotatable bonds is 5. The average Bonchev–Trinajstić information content (AvgIpc) is 3.44. The fraction of sp³-hybridized carbons (Fsp3) is 0.385. The number of nitrogens with zero attached hydrogens (tertiary/aromatic N) is 2. The molecular formula is C26H30ClN3O. The Morgan fingerprint density at radius 1 is 0.968 bits per heavy atom. The summed E-state index contributed by atoms with van der Waals surface area (Å²) in [7, 11) is 0. The topological polar surface area (TPSA) is 46.9 Å². The van der Waals surface area contributed by atoms with E-state index >= 15 is 0 Å². The number of carbonyl (C=O) groups is 1. The van der Waals surface area contributed by atoms with Crippen molar-refractivity contribution in [1.29, 1.82) is 0 Å². The minimum atomic E-state index is -0.208. The monoisotopic (exact) mass is 435 g/mol. The van der Waals surface area contributed by atoms with E-state index in [1.807, 2.05) is 53.3 Å². The predicted molar refractivity (Wildman–Crippen MR) is 127 cm³/mol. The van der Waals surface area contributed by atoms with Gasteiger partial charge >= 0.3 is 0 Å². The Morgan fingerprint density at radius 2 is 1.61 bits per heavy atom. The van der Waals surface area contributed by atoms with Gasteiger partial charge in [0.15, 0.2) is 0 Å². The van der Waals surface area contributed by atoms with Gasteiger partial charge in [0.2, 0.25) is 0 Å². The van der Waals surface area contributed by atoms with Crippen LogP contribution in [0.25, 0.3) is 22.4 Å². The lowest BCUT2D eigenvalue weighted by atomic mass is 9.95. The van der Waals surface area contributed by atoms with Crippen molar-refractivity contribution in [2.24, 2.45) is 5.92 Å². The molecule has 4 rings (SSSR count). The van der Waals surface area contributed by atoms with Crippen LogP contribution in [0.3, 0.4) is 0 Å². The van der Waals surface area contributed by atoms with Gasteiger partial charge < -0.3 is 5.32 Å². The van der Waals surface area contributed by atoms with Gasteiger partial charge in [-0.2, -0.15) is 5.10 Å². The smallest absolute Gasteiger partial charge is 0.251 e. The lowest BCUT2D eigenvalue weighted by molar-refractivity contribution is 0.0903. The van der Waals surface area contributed by atoms with E-state index in [0.717, 1.165) is 22.4 Å². The first-order chi connectivity index (χ1) is 14.5. The van der Waals surface area contributed by atoms with Crippen molar-refractivity contribution in [3.8, 4) is 22.4 Å². The lowest BCUT2D eigenvalue weighted by Gasteiger charge is -2.26. The molecule has 0 atom stereocenters. The third-order valence-corrected chi connectivity index (χ3v) is 6.23. The van der Waals surface area contributed by atoms with Crippen molar-refractivity contribution in [3.05, 3.63) is 65.3 Å². The Balaban J connectivity index is 1.80. The molecule has 1 heterocycles. The molecule has 162 valence electrons. The number of hydrogen-bond acceptors (Lipinski definition) is 2. The molecule has 3 aromatic rings. The lowest BCUT2D eigenvalue weighted by Crippen LogP contribution is -2.45. The molecular weight excluding hydrogens is 406 g/mol. The Morgan fingerprint density at radius 3 is 2.23 bits per heavy atom. The van der Waals surface area contributed by atoms with Crippen LogP contribution in [0.4, 0.5) is 0 Å². The molecule has 1 fully saturated rings. The van der Waals surface area contributed by atoms with Gasteiger partial charge in [-0.3, -0.25) is 9.48 Å². The molecule has 1 aliphatic rings. The first kappa shape index (κ1) is 21.6. The van der Waals surface area contributed by atoms with Crippen LogP contribution in [-0.4, -0.2) is 21.2 Å². The summed E-state index contributed by atoms with van der Waals surface area (Å²) < 4.78 is 2.00. The van der Waals surface area contributed by atoms with Gasteiger partial charge in [0.1, 0.15) is 0 Å². The van der Waals surface area contributed by atoms with E-state index in [2.05, 4.69) is 51.1 Å². The molecule has 5 heteroatoms. The molecule has 1 aromatic heterocycles. The third kappa shape index (κ3) is 4.69. The maximum absolute atomic E-state index is 13.3. The highest BCUT2D eigenvalue weighted by Crippen LogP contribution is 2.39. The summed E-state index contributed by atoms with van der Waals surface area (Å²) in [5, 5.41) is 8.49. The number of benzene rings is 2. The van der Waals surface area contributed by atoms with E-state index in [1.54, 1.807) is 0 Å². The zero-order valence-electron chi connectivity index (χ0n) is 18.9. The van der Waals surface area contributed by atoms with E-state index < -0.39 is 0 Å². The first-order valence-electron chi connectivity index (χ1n) is 10.8. The number of halogens is 1. The van der Waals surface area contributed by atoms with Gasteiger partial charge in [-0.1, -0.05) is 23.7 Å². The van der Waals surface area contributed by atoms with Crippen molar-refractivity contribution in [2.75, 3.05) is 0 Å². The largest absolute Gasteiger partial charge is 0.347 e. The van der Waals surface area contributed by atoms with Gasteiger partial charge in [0, 0.05) is 27.9 Å². The van der Waals surface area contributed by atoms with Crippen LogP contribution in [0.2, 0.25) is 5.02 Å². The van der Waals surface area contributed by atoms with Gasteiger partial charge in [-0.05, 0) is 101 Å². The van der Waals surface area contributed by atoms with Crippen LogP contribution < -0.4 is 5.32 Å². The summed E-state index contributed by atoms with van der Waals surface area (Å²) in [6, 6.07) is 15.8. The highest BCUT2D eigenvalue weighted by molar-refractivity contribution is 6.30. The summed E-state index contributed by atoms with van der Waals surface area (Å²) in [5.74, 6) is 0.508. The first-order valence-corrected chi connectivity index (χ1v) is 11.2. The fourth-order valence-corrected chi connectivity index (χ4v) is 4.17. The second kappa shape index (κ2) is 7.83. The van der Waals surface area contributed by atoms with Gasteiger partial charge in [-0.15, -0.1) is 0 Å². The van der Waals surface area contributed by atoms with E-state index in [4.69, 9.17) is 11.6 Å². The molecule has 1 amide bonds. The predicted octanol–water partition coefficient (Wildman–Crippen LogP) is 6.54. The molecule has 1 N–H and O–H groups in total. The second-order valence-electron chi connectivity index (χ2n) is 10.1. The molecule has 0 aliphatic heterocycles. The van der Waals surface area contributed by atoms with E-state index in [1.165, 1.54) is 12.8 Å². The number of nitrogens with one attached hydrogen (secondary N) is 1. The van der Waals surface area contributed by atoms with Gasteiger partial charge in [0.25, 0.3) is 5.91 Å². The molecule has 0 saturated heterocycles. The number of hydrogen-bond donors (Lipinski definition) is 1. The minimum absolute atomic E-state index is 0.0456. The van der Waals surface area contributed by atoms with Crippen LogP contribution in [0, 0.1) is 5.92 Å². The van der Waals surface area contributed by atoms with Crippen LogP contribution >= 0.6 is 11.6 Å². The zero-order valence-corrected chi connectivity index (χ0v) is 19.6. The summed E-state index contributed by atoms with van der Waals surface area (Å²) in [6.07, 6.45) is 4.16. The van der Waals surface area contributed by atoms with Gasteiger partial charge in [0.05, 0.1) is 11.2 Å². The summed E-state index contributed by atoms with van der Waals surface area (Å²) in [5.41, 5.74) is 4.21. The average molecular weight is 436 g/mol. The zero-order chi connectivity index (χ0) is 22.4. The van der Waals surface area contributed by atoms with Crippen LogP contribution in [0.15, 0.2) is 54.7 Å². The minimum Gasteiger partial charge on any atom is -0.347 e. The molecule has 1 saturated carbocycles. The van der Waals surface area contributed by atoms with Crippen LogP contribution in [-0.2, 0) is 5.54 Å². The fourth-order valence-electron chi connectivity index (χ4n) is 4.04. The standard InChI is InChI=1S/C26H30ClN3O/c1-25(2,3)30-23(12-13-28-30)19-14-18(17-6-10-22(27)11-7-17)15-20(16-19)24(31)29-26(4,5)21-8-9-21/h6-7,10-16,21H,8-9H2,1-5H3,(H,29,31). The molecule has 31 heavy (non-hydrogen) atoms. The highest BCUT2D eigenvalue weighted by atomic mass is 35.5. The van der Waals surface area contributed by atoms with E-state index in [-0.39, 0.29) is 17.0 Å². The maximum atomic E-state index is 13.3. The highest BCUT2D eigenvalue weighted by Gasteiger charge is 2.39. The number of aromatic nitrogens is 2. The van der Waals surface area contributed by atoms with Crippen LogP contribution in [0.5, 0.6) is 0 Å². The van der Waals surface area contributed by atoms with Crippen molar-refractivity contribution in [2.45, 2.75) is 58.5 Å². The third-order valence-electron chi connectivity index (χ3n) is 5.98. The molecule has 0 unspecified atom stereocenters. The Kier molecular flexibility index (Phi) is 5.47. The Labute approximate surface area is 189 Å². The van der Waals surface area contributed by atoms with E-state index in [9.17, 15) is 4.79 Å². The van der Waals surface area contributed by atoms with Gasteiger partial charge in [-0.25, -0.2) is 0 Å². The van der Waals surface area contributed by atoms with Crippen LogP contribution in [0.1, 0.15) is 57.8 Å². The summed E-state index contributed by atoms with van der Waals surface area (Å²) in [6.45, 7) is 10.6. The SMILES string of the molecule is CC(C)(NC(=O)c1cc(-c2ccc(Cl)cc2)cc(-c2ccnn2C(C)(C)C)c1)C1CC1. The van der Waals surface area contributed by atoms with Crippen molar-refractivity contribution < 1.29 is 4.79 Å². The van der Waals surface area contributed by atoms with Crippen molar-refractivity contribution >= 4 is 17.5 Å². The quantitative estimate of drug-likeness (QED) is 0.494. The molecule has 1 aliphatic carbocycles. The maximum Gasteiger partial charge on any atom is 0.251 e. The molecule has 4 nitrogen and oxygen atoms in total. The summed E-state index contributed by atoms with van der Waals surface area (Å²) in [4.78, 5) is 13.3. The van der Waals surface area contributed by atoms with Crippen molar-refractivity contribution in [1.82, 2.24) is 15.1 Å². The normalized spacial score (nSPS) is 14.5. The molecule has 2 aromatic carbocycles. The van der Waals surface area contributed by atoms with Crippen molar-refractivity contribution in [3.63, 3.8) is 0 Å². The Bertz CT molecular complexity index is 1100. The Hall–Kier alpha value is -2.59. The summed E-state index contributed by atoms with van der Waals surface area (Å²) >= 11 is 6.10. The van der Waals surface area contributed by atoms with E-state index in [0.29, 0.717) is 16.5 Å². The molecule has 0 bridgehead atoms. The molecule has 0 radical (unpaired) electrons. The number of amides is 1.